The molecule has 0 saturated carbocycles. The summed E-state index contributed by atoms with van der Waals surface area (Å²) in [6.07, 6.45) is 0.580. The lowest BCUT2D eigenvalue weighted by Gasteiger charge is -2.25. The molecule has 1 atom stereocenters. The maximum atomic E-state index is 11.6. The van der Waals surface area contributed by atoms with Crippen LogP contribution in [0.15, 0.2) is 42.5 Å². The van der Waals surface area contributed by atoms with Crippen molar-refractivity contribution in [2.75, 3.05) is 4.90 Å². The molecule has 0 spiro atoms. The van der Waals surface area contributed by atoms with Gasteiger partial charge in [-0.1, -0.05) is 42.0 Å². The molecule has 0 radical (unpaired) electrons. The monoisotopic (exact) mass is 281 g/mol. The lowest BCUT2D eigenvalue weighted by molar-refractivity contribution is -0.138. The Bertz CT molecular complexity index is 693. The predicted octanol–water partition coefficient (Wildman–Crippen LogP) is 3.32. The van der Waals surface area contributed by atoms with E-state index in [1.165, 1.54) is 16.7 Å². The van der Waals surface area contributed by atoms with Crippen LogP contribution in [0.2, 0.25) is 0 Å². The van der Waals surface area contributed by atoms with E-state index in [2.05, 4.69) is 32.0 Å². The van der Waals surface area contributed by atoms with Gasteiger partial charge in [0.25, 0.3) is 0 Å². The van der Waals surface area contributed by atoms with E-state index in [0.29, 0.717) is 13.0 Å². The van der Waals surface area contributed by atoms with Crippen LogP contribution in [0.25, 0.3) is 0 Å². The van der Waals surface area contributed by atoms with Crippen molar-refractivity contribution >= 4 is 11.7 Å². The van der Waals surface area contributed by atoms with E-state index >= 15 is 0 Å². The first-order chi connectivity index (χ1) is 10.1. The Morgan fingerprint density at radius 3 is 2.76 bits per heavy atom. The summed E-state index contributed by atoms with van der Waals surface area (Å²) in [6.45, 7) is 4.78. The molecule has 0 saturated heterocycles. The fraction of sp³-hybridized carbons (Fsp3) is 0.278. The van der Waals surface area contributed by atoms with E-state index < -0.39 is 12.0 Å². The third-order valence-corrected chi connectivity index (χ3v) is 4.22. The number of anilines is 1. The van der Waals surface area contributed by atoms with E-state index in [0.717, 1.165) is 11.3 Å². The van der Waals surface area contributed by atoms with Crippen LogP contribution in [0.4, 0.5) is 5.69 Å². The molecule has 108 valence electrons. The zero-order valence-corrected chi connectivity index (χ0v) is 12.3. The van der Waals surface area contributed by atoms with Crippen LogP contribution in [0.5, 0.6) is 0 Å². The van der Waals surface area contributed by atoms with Crippen molar-refractivity contribution in [2.24, 2.45) is 0 Å². The molecular formula is C18H19NO2. The van der Waals surface area contributed by atoms with Crippen molar-refractivity contribution in [3.05, 3.63) is 64.7 Å². The first kappa shape index (κ1) is 13.7. The van der Waals surface area contributed by atoms with E-state index in [9.17, 15) is 9.90 Å². The van der Waals surface area contributed by atoms with Gasteiger partial charge in [-0.05, 0) is 36.6 Å². The van der Waals surface area contributed by atoms with Crippen molar-refractivity contribution in [1.82, 2.24) is 0 Å². The van der Waals surface area contributed by atoms with Gasteiger partial charge in [0.15, 0.2) is 0 Å². The molecule has 2 aromatic rings. The van der Waals surface area contributed by atoms with Crippen molar-refractivity contribution in [3.63, 3.8) is 0 Å². The van der Waals surface area contributed by atoms with Crippen LogP contribution in [0.1, 0.15) is 22.3 Å². The van der Waals surface area contributed by atoms with Crippen LogP contribution < -0.4 is 4.90 Å². The number of aliphatic carboxylic acids is 1. The molecule has 2 aromatic carbocycles. The van der Waals surface area contributed by atoms with Crippen LogP contribution in [0, 0.1) is 13.8 Å². The highest BCUT2D eigenvalue weighted by atomic mass is 16.4. The zero-order valence-electron chi connectivity index (χ0n) is 12.3. The molecule has 0 aliphatic carbocycles. The van der Waals surface area contributed by atoms with Gasteiger partial charge in [0.1, 0.15) is 6.04 Å². The van der Waals surface area contributed by atoms with Gasteiger partial charge < -0.3 is 10.0 Å². The Hall–Kier alpha value is -2.29. The number of carboxylic acids is 1. The van der Waals surface area contributed by atoms with E-state index in [1.807, 2.05) is 29.2 Å². The normalized spacial score (nSPS) is 16.9. The van der Waals surface area contributed by atoms with Gasteiger partial charge in [-0.15, -0.1) is 0 Å². The molecule has 0 fully saturated rings. The Balaban J connectivity index is 1.98. The summed E-state index contributed by atoms with van der Waals surface area (Å²) in [5, 5.41) is 9.52. The fourth-order valence-corrected chi connectivity index (χ4v) is 3.02. The highest BCUT2D eigenvalue weighted by Crippen LogP contribution is 2.33. The first-order valence-electron chi connectivity index (χ1n) is 7.20. The minimum atomic E-state index is -0.753. The summed E-state index contributed by atoms with van der Waals surface area (Å²) < 4.78 is 0. The molecule has 21 heavy (non-hydrogen) atoms. The minimum absolute atomic E-state index is 0.470. The molecular weight excluding hydrogens is 262 g/mol. The molecule has 3 heteroatoms. The molecule has 0 amide bonds. The number of nitrogens with zero attached hydrogens (tertiary/aromatic N) is 1. The van der Waals surface area contributed by atoms with Crippen molar-refractivity contribution in [1.29, 1.82) is 0 Å². The Morgan fingerprint density at radius 1 is 1.24 bits per heavy atom. The quantitative estimate of drug-likeness (QED) is 0.938. The third kappa shape index (κ3) is 2.51. The average molecular weight is 281 g/mol. The zero-order chi connectivity index (χ0) is 15.0. The predicted molar refractivity (Wildman–Crippen MR) is 83.7 cm³/mol. The number of carboxylic acid groups (broad SMARTS) is 1. The number of hydrogen-bond donors (Lipinski definition) is 1. The topological polar surface area (TPSA) is 40.5 Å². The SMILES string of the molecule is Cc1ccc(C)c(CN2c3ccccc3CC2C(=O)O)c1. The van der Waals surface area contributed by atoms with Gasteiger partial charge in [0, 0.05) is 18.7 Å². The van der Waals surface area contributed by atoms with Crippen LogP contribution in [0.3, 0.4) is 0 Å². The standard InChI is InChI=1S/C18H19NO2/c1-12-7-8-13(2)15(9-12)11-19-16-6-4-3-5-14(16)10-17(19)18(20)21/h3-9,17H,10-11H2,1-2H3,(H,20,21). The molecule has 1 heterocycles. The molecule has 0 aromatic heterocycles. The van der Waals surface area contributed by atoms with Crippen molar-refractivity contribution in [2.45, 2.75) is 32.9 Å². The fourth-order valence-electron chi connectivity index (χ4n) is 3.02. The summed E-state index contributed by atoms with van der Waals surface area (Å²) in [7, 11) is 0. The number of fused-ring (bicyclic) bond motifs is 1. The van der Waals surface area contributed by atoms with Crippen molar-refractivity contribution < 1.29 is 9.90 Å². The maximum Gasteiger partial charge on any atom is 0.326 e. The van der Waals surface area contributed by atoms with Gasteiger partial charge >= 0.3 is 5.97 Å². The number of rotatable bonds is 3. The molecule has 1 aliphatic rings. The number of hydrogen-bond acceptors (Lipinski definition) is 2. The largest absolute Gasteiger partial charge is 0.480 e. The van der Waals surface area contributed by atoms with E-state index in [1.54, 1.807) is 0 Å². The van der Waals surface area contributed by atoms with Crippen LogP contribution in [-0.4, -0.2) is 17.1 Å². The Labute approximate surface area is 124 Å². The van der Waals surface area contributed by atoms with Gasteiger partial charge in [0.05, 0.1) is 0 Å². The summed E-state index contributed by atoms with van der Waals surface area (Å²) in [5.41, 5.74) is 5.77. The van der Waals surface area contributed by atoms with E-state index in [4.69, 9.17) is 0 Å². The molecule has 3 nitrogen and oxygen atoms in total. The number of carbonyl (C=O) groups is 1. The summed E-state index contributed by atoms with van der Waals surface area (Å²) in [6, 6.07) is 13.8. The minimum Gasteiger partial charge on any atom is -0.480 e. The second kappa shape index (κ2) is 5.24. The number of aryl methyl sites for hydroxylation is 2. The molecule has 1 N–H and O–H groups in total. The smallest absolute Gasteiger partial charge is 0.326 e. The molecule has 1 unspecified atom stereocenters. The molecule has 1 aliphatic heterocycles. The summed E-state index contributed by atoms with van der Waals surface area (Å²) >= 11 is 0. The van der Waals surface area contributed by atoms with E-state index in [-0.39, 0.29) is 0 Å². The Kier molecular flexibility index (Phi) is 3.42. The summed E-state index contributed by atoms with van der Waals surface area (Å²) in [5.74, 6) is -0.753. The van der Waals surface area contributed by atoms with Crippen LogP contribution in [-0.2, 0) is 17.8 Å². The first-order valence-corrected chi connectivity index (χ1v) is 7.20. The van der Waals surface area contributed by atoms with Gasteiger partial charge in [-0.25, -0.2) is 4.79 Å². The highest BCUT2D eigenvalue weighted by molar-refractivity contribution is 5.82. The second-order valence-electron chi connectivity index (χ2n) is 5.74. The Morgan fingerprint density at radius 2 is 2.00 bits per heavy atom. The average Bonchev–Trinajstić information content (AvgIpc) is 2.82. The van der Waals surface area contributed by atoms with Gasteiger partial charge in [-0.2, -0.15) is 0 Å². The third-order valence-electron chi connectivity index (χ3n) is 4.22. The van der Waals surface area contributed by atoms with Crippen molar-refractivity contribution in [3.8, 4) is 0 Å². The molecule has 0 bridgehead atoms. The van der Waals surface area contributed by atoms with Gasteiger partial charge in [-0.3, -0.25) is 0 Å². The maximum absolute atomic E-state index is 11.6. The second-order valence-corrected chi connectivity index (χ2v) is 5.74. The molecule has 3 rings (SSSR count). The van der Waals surface area contributed by atoms with Gasteiger partial charge in [0.2, 0.25) is 0 Å². The number of para-hydroxylation sites is 1. The highest BCUT2D eigenvalue weighted by Gasteiger charge is 2.34. The number of benzene rings is 2. The summed E-state index contributed by atoms with van der Waals surface area (Å²) in [4.78, 5) is 13.6. The van der Waals surface area contributed by atoms with Crippen LogP contribution >= 0.6 is 0 Å². The lowest BCUT2D eigenvalue weighted by atomic mass is 10.0. The lowest BCUT2D eigenvalue weighted by Crippen LogP contribution is -2.38.